The molecular formula is C13H13BrN2O3. The van der Waals surface area contributed by atoms with Gasteiger partial charge in [0.15, 0.2) is 11.5 Å². The summed E-state index contributed by atoms with van der Waals surface area (Å²) in [5.41, 5.74) is 6.90. The summed E-state index contributed by atoms with van der Waals surface area (Å²) in [7, 11) is 1.54. The molecule has 0 radical (unpaired) electrons. The molecule has 0 aliphatic rings. The van der Waals surface area contributed by atoms with Gasteiger partial charge in [-0.15, -0.1) is 0 Å². The molecule has 100 valence electrons. The molecule has 1 aromatic heterocycles. The second kappa shape index (κ2) is 5.90. The van der Waals surface area contributed by atoms with E-state index >= 15 is 0 Å². The summed E-state index contributed by atoms with van der Waals surface area (Å²) in [6, 6.07) is 6.88. The van der Waals surface area contributed by atoms with Crippen LogP contribution in [-0.4, -0.2) is 17.2 Å². The number of methoxy groups -OCH3 is 1. The molecule has 0 aliphatic heterocycles. The molecule has 0 unspecified atom stereocenters. The number of anilines is 1. The van der Waals surface area contributed by atoms with Gasteiger partial charge < -0.3 is 20.3 Å². The van der Waals surface area contributed by atoms with E-state index < -0.39 is 0 Å². The fraction of sp³-hybridized carbons (Fsp3) is 0.154. The number of benzene rings is 1. The molecule has 6 heteroatoms. The van der Waals surface area contributed by atoms with Crippen LogP contribution in [0.25, 0.3) is 0 Å². The number of hydrogen-bond donors (Lipinski definition) is 2. The van der Waals surface area contributed by atoms with Crippen molar-refractivity contribution in [1.82, 2.24) is 4.98 Å². The van der Waals surface area contributed by atoms with Gasteiger partial charge in [0.2, 0.25) is 5.88 Å². The predicted octanol–water partition coefficient (Wildman–Crippen LogP) is 2.72. The fourth-order valence-electron chi connectivity index (χ4n) is 1.51. The van der Waals surface area contributed by atoms with Gasteiger partial charge in [0, 0.05) is 0 Å². The van der Waals surface area contributed by atoms with Gasteiger partial charge in [-0.25, -0.2) is 4.98 Å². The Labute approximate surface area is 119 Å². The lowest BCUT2D eigenvalue weighted by atomic mass is 10.2. The third kappa shape index (κ3) is 3.15. The number of nitrogens with two attached hydrogens (primary N) is 1. The van der Waals surface area contributed by atoms with Gasteiger partial charge >= 0.3 is 0 Å². The molecule has 0 saturated carbocycles. The molecule has 2 rings (SSSR count). The molecule has 0 amide bonds. The van der Waals surface area contributed by atoms with Crippen LogP contribution in [0.3, 0.4) is 0 Å². The lowest BCUT2D eigenvalue weighted by Gasteiger charge is -2.11. The van der Waals surface area contributed by atoms with E-state index in [2.05, 4.69) is 20.9 Å². The highest BCUT2D eigenvalue weighted by atomic mass is 79.9. The third-order valence-corrected chi connectivity index (χ3v) is 3.01. The van der Waals surface area contributed by atoms with Crippen LogP contribution >= 0.6 is 15.9 Å². The predicted molar refractivity (Wildman–Crippen MR) is 75.3 cm³/mol. The summed E-state index contributed by atoms with van der Waals surface area (Å²) in [4.78, 5) is 4.09. The summed E-state index contributed by atoms with van der Waals surface area (Å²) in [6.45, 7) is -0.0551. The zero-order valence-electron chi connectivity index (χ0n) is 10.3. The van der Waals surface area contributed by atoms with Crippen molar-refractivity contribution in [3.05, 3.63) is 40.5 Å². The van der Waals surface area contributed by atoms with E-state index in [1.54, 1.807) is 24.3 Å². The Hall–Kier alpha value is -1.79. The molecule has 19 heavy (non-hydrogen) atoms. The van der Waals surface area contributed by atoms with E-state index in [1.165, 1.54) is 13.3 Å². The highest BCUT2D eigenvalue weighted by Crippen LogP contribution is 2.34. The first-order valence-corrected chi connectivity index (χ1v) is 6.30. The van der Waals surface area contributed by atoms with Gasteiger partial charge in [-0.05, 0) is 39.7 Å². The highest BCUT2D eigenvalue weighted by molar-refractivity contribution is 9.10. The first-order chi connectivity index (χ1) is 9.13. The fourth-order valence-corrected chi connectivity index (χ4v) is 1.96. The minimum Gasteiger partial charge on any atom is -0.493 e. The number of halogens is 1. The smallest absolute Gasteiger partial charge is 0.233 e. The van der Waals surface area contributed by atoms with E-state index in [1.807, 2.05) is 0 Å². The summed E-state index contributed by atoms with van der Waals surface area (Å²) in [6.07, 6.45) is 1.51. The van der Waals surface area contributed by atoms with Crippen LogP contribution in [0.2, 0.25) is 0 Å². The van der Waals surface area contributed by atoms with Crippen molar-refractivity contribution in [2.24, 2.45) is 0 Å². The minimum absolute atomic E-state index is 0.0551. The summed E-state index contributed by atoms with van der Waals surface area (Å²) >= 11 is 3.33. The standard InChI is InChI=1S/C13H13BrN2O3/c1-18-12-4-8(7-17)2-3-11(12)19-13-10(14)5-9(15)6-16-13/h2-6,17H,7,15H2,1H3. The Bertz CT molecular complexity index is 590. The number of pyridine rings is 1. The second-order valence-electron chi connectivity index (χ2n) is 3.80. The Morgan fingerprint density at radius 3 is 2.74 bits per heavy atom. The maximum absolute atomic E-state index is 9.08. The van der Waals surface area contributed by atoms with Gasteiger partial charge in [0.25, 0.3) is 0 Å². The topological polar surface area (TPSA) is 77.6 Å². The summed E-state index contributed by atoms with van der Waals surface area (Å²) in [5, 5.41) is 9.08. The zero-order valence-corrected chi connectivity index (χ0v) is 11.8. The van der Waals surface area contributed by atoms with Crippen LogP contribution < -0.4 is 15.2 Å². The van der Waals surface area contributed by atoms with Gasteiger partial charge in [-0.1, -0.05) is 6.07 Å². The first kappa shape index (κ1) is 13.6. The molecular weight excluding hydrogens is 312 g/mol. The normalized spacial score (nSPS) is 10.3. The van der Waals surface area contributed by atoms with Crippen molar-refractivity contribution in [1.29, 1.82) is 0 Å². The van der Waals surface area contributed by atoms with E-state index in [-0.39, 0.29) is 6.61 Å². The Balaban J connectivity index is 2.32. The molecule has 0 bridgehead atoms. The quantitative estimate of drug-likeness (QED) is 0.904. The molecule has 5 nitrogen and oxygen atoms in total. The van der Waals surface area contributed by atoms with Gasteiger partial charge in [0.05, 0.1) is 30.1 Å². The molecule has 1 aromatic carbocycles. The van der Waals surface area contributed by atoms with Gasteiger partial charge in [0.1, 0.15) is 0 Å². The number of aromatic nitrogens is 1. The third-order valence-electron chi connectivity index (χ3n) is 2.45. The number of nitrogens with zero attached hydrogens (tertiary/aromatic N) is 1. The number of aliphatic hydroxyl groups is 1. The van der Waals surface area contributed by atoms with Crippen molar-refractivity contribution >= 4 is 21.6 Å². The van der Waals surface area contributed by atoms with E-state index in [4.69, 9.17) is 20.3 Å². The molecule has 3 N–H and O–H groups in total. The molecule has 2 aromatic rings. The lowest BCUT2D eigenvalue weighted by Crippen LogP contribution is -1.95. The second-order valence-corrected chi connectivity index (χ2v) is 4.66. The molecule has 1 heterocycles. The molecule has 0 saturated heterocycles. The van der Waals surface area contributed by atoms with Gasteiger partial charge in [-0.2, -0.15) is 0 Å². The van der Waals surface area contributed by atoms with Crippen molar-refractivity contribution < 1.29 is 14.6 Å². The Morgan fingerprint density at radius 1 is 1.32 bits per heavy atom. The van der Waals surface area contributed by atoms with Crippen LogP contribution in [-0.2, 0) is 6.61 Å². The summed E-state index contributed by atoms with van der Waals surface area (Å²) in [5.74, 6) is 1.43. The van der Waals surface area contributed by atoms with E-state index in [0.29, 0.717) is 27.5 Å². The van der Waals surface area contributed by atoms with Crippen molar-refractivity contribution in [2.75, 3.05) is 12.8 Å². The molecule has 0 fully saturated rings. The monoisotopic (exact) mass is 324 g/mol. The van der Waals surface area contributed by atoms with Crippen LogP contribution in [0.1, 0.15) is 5.56 Å². The maximum atomic E-state index is 9.08. The molecule has 0 atom stereocenters. The van der Waals surface area contributed by atoms with Crippen LogP contribution in [0, 0.1) is 0 Å². The van der Waals surface area contributed by atoms with Gasteiger partial charge in [-0.3, -0.25) is 0 Å². The minimum atomic E-state index is -0.0551. The van der Waals surface area contributed by atoms with E-state index in [9.17, 15) is 0 Å². The maximum Gasteiger partial charge on any atom is 0.233 e. The van der Waals surface area contributed by atoms with Crippen molar-refractivity contribution in [3.63, 3.8) is 0 Å². The highest BCUT2D eigenvalue weighted by Gasteiger charge is 2.10. The zero-order chi connectivity index (χ0) is 13.8. The SMILES string of the molecule is COc1cc(CO)ccc1Oc1ncc(N)cc1Br. The van der Waals surface area contributed by atoms with Crippen molar-refractivity contribution in [3.8, 4) is 17.4 Å². The number of aliphatic hydroxyl groups excluding tert-OH is 1. The average Bonchev–Trinajstić information content (AvgIpc) is 2.42. The lowest BCUT2D eigenvalue weighted by molar-refractivity contribution is 0.280. The van der Waals surface area contributed by atoms with Crippen molar-refractivity contribution in [2.45, 2.75) is 6.61 Å². The average molecular weight is 325 g/mol. The Morgan fingerprint density at radius 2 is 2.11 bits per heavy atom. The molecule has 0 spiro atoms. The van der Waals surface area contributed by atoms with Crippen LogP contribution in [0.5, 0.6) is 17.4 Å². The van der Waals surface area contributed by atoms with Crippen LogP contribution in [0.4, 0.5) is 5.69 Å². The molecule has 0 aliphatic carbocycles. The number of ether oxygens (including phenoxy) is 2. The Kier molecular flexibility index (Phi) is 4.24. The number of hydrogen-bond acceptors (Lipinski definition) is 5. The van der Waals surface area contributed by atoms with Crippen LogP contribution in [0.15, 0.2) is 34.9 Å². The largest absolute Gasteiger partial charge is 0.493 e. The summed E-state index contributed by atoms with van der Waals surface area (Å²) < 4.78 is 11.5. The number of rotatable bonds is 4. The first-order valence-electron chi connectivity index (χ1n) is 5.50. The number of nitrogen functional groups attached to an aromatic ring is 1. The van der Waals surface area contributed by atoms with E-state index in [0.717, 1.165) is 5.56 Å².